The number of nitrogens with one attached hydrogen (secondary N) is 1. The molecule has 2 bridgehead atoms. The lowest BCUT2D eigenvalue weighted by Crippen LogP contribution is -2.47. The topological polar surface area (TPSA) is 52.7 Å². The smallest absolute Gasteiger partial charge is 0.317 e. The van der Waals surface area contributed by atoms with Crippen LogP contribution >= 0.6 is 23.4 Å². The third-order valence-electron chi connectivity index (χ3n) is 4.95. The Labute approximate surface area is 158 Å². The molecule has 0 aliphatic carbocycles. The van der Waals surface area contributed by atoms with Crippen molar-refractivity contribution in [3.05, 3.63) is 29.3 Å². The maximum absolute atomic E-state index is 12.5. The molecule has 2 atom stereocenters. The van der Waals surface area contributed by atoms with E-state index in [4.69, 9.17) is 11.6 Å². The first-order valence-electron chi connectivity index (χ1n) is 8.72. The number of thioether (sulfide) groups is 1. The van der Waals surface area contributed by atoms with Gasteiger partial charge in [-0.05, 0) is 37.1 Å². The number of likely N-dealkylation sites (N-methyl/N-ethyl adjacent to an activating group) is 1. The number of likely N-dealkylation sites (tertiary alicyclic amines) is 1. The molecular formula is C18H24ClN3O2S. The van der Waals surface area contributed by atoms with E-state index in [2.05, 4.69) is 5.32 Å². The predicted molar refractivity (Wildman–Crippen MR) is 101 cm³/mol. The van der Waals surface area contributed by atoms with Gasteiger partial charge in [0, 0.05) is 48.4 Å². The maximum Gasteiger partial charge on any atom is 0.317 e. The Kier molecular flexibility index (Phi) is 6.12. The minimum Gasteiger partial charge on any atom is -0.341 e. The van der Waals surface area contributed by atoms with Crippen molar-refractivity contribution in [2.45, 2.75) is 30.2 Å². The molecular weight excluding hydrogens is 358 g/mol. The normalized spacial score (nSPS) is 23.4. The first kappa shape index (κ1) is 18.4. The summed E-state index contributed by atoms with van der Waals surface area (Å²) in [7, 11) is 1.87. The summed E-state index contributed by atoms with van der Waals surface area (Å²) in [5.41, 5.74) is 0. The van der Waals surface area contributed by atoms with Crippen LogP contribution in [0, 0.1) is 5.92 Å². The Morgan fingerprint density at radius 1 is 1.28 bits per heavy atom. The summed E-state index contributed by atoms with van der Waals surface area (Å²) in [4.78, 5) is 29.7. The zero-order chi connectivity index (χ0) is 17.8. The molecule has 25 heavy (non-hydrogen) atoms. The highest BCUT2D eigenvalue weighted by Crippen LogP contribution is 2.26. The number of urea groups is 1. The molecule has 2 aliphatic rings. The predicted octanol–water partition coefficient (Wildman–Crippen LogP) is 3.08. The molecule has 1 aromatic carbocycles. The third-order valence-corrected chi connectivity index (χ3v) is 6.22. The van der Waals surface area contributed by atoms with Crippen LogP contribution in [-0.2, 0) is 4.79 Å². The number of carbonyl (C=O) groups is 2. The van der Waals surface area contributed by atoms with Crippen LogP contribution in [0.2, 0.25) is 5.02 Å². The van der Waals surface area contributed by atoms with Gasteiger partial charge in [0.05, 0.1) is 5.92 Å². The molecule has 2 aliphatic heterocycles. The van der Waals surface area contributed by atoms with Crippen molar-refractivity contribution >= 4 is 35.3 Å². The summed E-state index contributed by atoms with van der Waals surface area (Å²) in [6.07, 6.45) is 2.93. The standard InChI is InChI=1S/C18H24ClN3O2S/c1-21-15-4-2-3-13(17(21)23)11-22(12-15)18(24)20-9-10-25-16-7-5-14(19)6-8-16/h5-8,13,15H,2-4,9-12H2,1H3,(H,20,24)/t13-,15+/m1/s1. The number of carbonyl (C=O) groups excluding carboxylic acids is 2. The number of halogens is 1. The fraction of sp³-hybridized carbons (Fsp3) is 0.556. The van der Waals surface area contributed by atoms with Gasteiger partial charge in [-0.3, -0.25) is 4.79 Å². The van der Waals surface area contributed by atoms with E-state index in [0.29, 0.717) is 19.6 Å². The number of amides is 3. The Balaban J connectivity index is 1.48. The number of hydrogen-bond donors (Lipinski definition) is 1. The quantitative estimate of drug-likeness (QED) is 0.644. The van der Waals surface area contributed by atoms with Gasteiger partial charge in [-0.2, -0.15) is 0 Å². The van der Waals surface area contributed by atoms with Crippen LogP contribution in [0.25, 0.3) is 0 Å². The van der Waals surface area contributed by atoms with Gasteiger partial charge in [0.15, 0.2) is 0 Å². The van der Waals surface area contributed by atoms with Crippen molar-refractivity contribution in [2.75, 3.05) is 32.4 Å². The molecule has 2 saturated heterocycles. The molecule has 0 saturated carbocycles. The zero-order valence-electron chi connectivity index (χ0n) is 14.4. The van der Waals surface area contributed by atoms with Crippen molar-refractivity contribution < 1.29 is 9.59 Å². The molecule has 2 heterocycles. The molecule has 7 heteroatoms. The molecule has 0 aromatic heterocycles. The van der Waals surface area contributed by atoms with E-state index in [1.807, 2.05) is 41.1 Å². The summed E-state index contributed by atoms with van der Waals surface area (Å²) < 4.78 is 0. The number of fused-ring (bicyclic) bond motifs is 3. The van der Waals surface area contributed by atoms with Crippen LogP contribution in [0.5, 0.6) is 0 Å². The lowest BCUT2D eigenvalue weighted by atomic mass is 9.99. The van der Waals surface area contributed by atoms with Crippen LogP contribution < -0.4 is 5.32 Å². The molecule has 3 rings (SSSR count). The van der Waals surface area contributed by atoms with E-state index in [9.17, 15) is 9.59 Å². The van der Waals surface area contributed by atoms with Crippen LogP contribution in [0.1, 0.15) is 19.3 Å². The van der Waals surface area contributed by atoms with Crippen LogP contribution in [-0.4, -0.2) is 60.2 Å². The summed E-state index contributed by atoms with van der Waals surface area (Å²) in [5.74, 6) is 0.940. The maximum atomic E-state index is 12.5. The Morgan fingerprint density at radius 2 is 2.04 bits per heavy atom. The average Bonchev–Trinajstić information content (AvgIpc) is 2.78. The Hall–Kier alpha value is -1.40. The molecule has 1 aromatic rings. The number of hydrogen-bond acceptors (Lipinski definition) is 3. The van der Waals surface area contributed by atoms with Crippen molar-refractivity contribution in [2.24, 2.45) is 5.92 Å². The fourth-order valence-electron chi connectivity index (χ4n) is 3.50. The average molecular weight is 382 g/mol. The summed E-state index contributed by atoms with van der Waals surface area (Å²) >= 11 is 7.56. The largest absolute Gasteiger partial charge is 0.341 e. The van der Waals surface area contributed by atoms with Crippen LogP contribution in [0.15, 0.2) is 29.2 Å². The molecule has 136 valence electrons. The second-order valence-electron chi connectivity index (χ2n) is 6.67. The van der Waals surface area contributed by atoms with Crippen molar-refractivity contribution in [1.82, 2.24) is 15.1 Å². The highest BCUT2D eigenvalue weighted by Gasteiger charge is 2.37. The van der Waals surface area contributed by atoms with Crippen molar-refractivity contribution in [3.8, 4) is 0 Å². The lowest BCUT2D eigenvalue weighted by molar-refractivity contribution is -0.134. The van der Waals surface area contributed by atoms with E-state index in [0.717, 1.165) is 34.9 Å². The molecule has 1 N–H and O–H groups in total. The SMILES string of the molecule is CN1C(=O)[C@@H]2CCC[C@H]1CN(C(=O)NCCSc1ccc(Cl)cc1)C2. The molecule has 5 nitrogen and oxygen atoms in total. The first-order valence-corrected chi connectivity index (χ1v) is 10.1. The van der Waals surface area contributed by atoms with Gasteiger partial charge in [-0.1, -0.05) is 18.0 Å². The molecule has 2 fully saturated rings. The Bertz CT molecular complexity index is 625. The summed E-state index contributed by atoms with van der Waals surface area (Å²) in [6, 6.07) is 7.78. The van der Waals surface area contributed by atoms with Gasteiger partial charge in [-0.15, -0.1) is 11.8 Å². The van der Waals surface area contributed by atoms with Crippen molar-refractivity contribution in [1.29, 1.82) is 0 Å². The molecule has 3 amide bonds. The highest BCUT2D eigenvalue weighted by molar-refractivity contribution is 7.99. The lowest BCUT2D eigenvalue weighted by Gasteiger charge is -2.29. The molecule has 0 spiro atoms. The minimum absolute atomic E-state index is 0.0494. The monoisotopic (exact) mass is 381 g/mol. The molecule has 0 radical (unpaired) electrons. The van der Waals surface area contributed by atoms with E-state index < -0.39 is 0 Å². The summed E-state index contributed by atoms with van der Waals surface area (Å²) in [6.45, 7) is 1.77. The van der Waals surface area contributed by atoms with E-state index >= 15 is 0 Å². The first-order chi connectivity index (χ1) is 12.0. The van der Waals surface area contributed by atoms with E-state index in [1.165, 1.54) is 0 Å². The zero-order valence-corrected chi connectivity index (χ0v) is 16.0. The van der Waals surface area contributed by atoms with Crippen LogP contribution in [0.4, 0.5) is 4.79 Å². The minimum atomic E-state index is -0.0586. The van der Waals surface area contributed by atoms with Gasteiger partial charge < -0.3 is 15.1 Å². The van der Waals surface area contributed by atoms with Gasteiger partial charge in [0.25, 0.3) is 0 Å². The number of nitrogens with zero attached hydrogens (tertiary/aromatic N) is 2. The van der Waals surface area contributed by atoms with Gasteiger partial charge in [0.2, 0.25) is 5.91 Å². The third kappa shape index (κ3) is 4.61. The van der Waals surface area contributed by atoms with Gasteiger partial charge >= 0.3 is 6.03 Å². The molecule has 0 unspecified atom stereocenters. The fourth-order valence-corrected chi connectivity index (χ4v) is 4.39. The van der Waals surface area contributed by atoms with Gasteiger partial charge in [-0.25, -0.2) is 4.79 Å². The second kappa shape index (κ2) is 8.32. The highest BCUT2D eigenvalue weighted by atomic mass is 35.5. The van der Waals surface area contributed by atoms with Crippen LogP contribution in [0.3, 0.4) is 0 Å². The van der Waals surface area contributed by atoms with Crippen molar-refractivity contribution in [3.63, 3.8) is 0 Å². The Morgan fingerprint density at radius 3 is 2.80 bits per heavy atom. The van der Waals surface area contributed by atoms with Gasteiger partial charge in [0.1, 0.15) is 0 Å². The second-order valence-corrected chi connectivity index (χ2v) is 8.27. The number of rotatable bonds is 4. The summed E-state index contributed by atoms with van der Waals surface area (Å²) in [5, 5.41) is 3.72. The number of benzene rings is 1. The van der Waals surface area contributed by atoms with E-state index in [1.54, 1.807) is 11.8 Å². The van der Waals surface area contributed by atoms with E-state index in [-0.39, 0.29) is 23.9 Å².